The summed E-state index contributed by atoms with van der Waals surface area (Å²) in [6.45, 7) is 0. The first-order valence-electron chi connectivity index (χ1n) is 7.84. The summed E-state index contributed by atoms with van der Waals surface area (Å²) in [5.41, 5.74) is 0. The maximum Gasteiger partial charge on any atom is 2.00 e. The van der Waals surface area contributed by atoms with Gasteiger partial charge in [-0.1, -0.05) is 54.6 Å². The van der Waals surface area contributed by atoms with Gasteiger partial charge in [0.25, 0.3) is 0 Å². The van der Waals surface area contributed by atoms with E-state index in [0.717, 1.165) is 0 Å². The third-order valence-corrected chi connectivity index (χ3v) is 5.64. The van der Waals surface area contributed by atoms with E-state index in [-0.39, 0.29) is 60.7 Å². The summed E-state index contributed by atoms with van der Waals surface area (Å²) in [7, 11) is -12.8. The van der Waals surface area contributed by atoms with Gasteiger partial charge in [0.1, 0.15) is 30.4 Å². The molecular formula is C18H15NaNiO9S3. The standard InChI is InChI=1S/3C6H6O3S.Na.Ni/c3*7-10(8,9)6-4-2-1-3-5-6;;/h3*1-5H,(H,7,8,9);;/q;;;+1;+2/p-3. The van der Waals surface area contributed by atoms with E-state index in [4.69, 9.17) is 0 Å². The van der Waals surface area contributed by atoms with Gasteiger partial charge >= 0.3 is 46.0 Å². The number of hydrogen-bond acceptors (Lipinski definition) is 9. The van der Waals surface area contributed by atoms with E-state index in [1.807, 2.05) is 0 Å². The van der Waals surface area contributed by atoms with Gasteiger partial charge < -0.3 is 13.7 Å². The summed E-state index contributed by atoms with van der Waals surface area (Å²) in [5, 5.41) is 0. The Kier molecular flexibility index (Phi) is 15.4. The molecule has 0 saturated heterocycles. The summed E-state index contributed by atoms with van der Waals surface area (Å²) in [5.74, 6) is 0. The number of benzene rings is 3. The molecular weight excluding hydrogens is 538 g/mol. The van der Waals surface area contributed by atoms with E-state index in [0.29, 0.717) is 0 Å². The maximum atomic E-state index is 10.3. The topological polar surface area (TPSA) is 172 Å². The largest absolute Gasteiger partial charge is 2.00 e. The van der Waals surface area contributed by atoms with Gasteiger partial charge in [0, 0.05) is 0 Å². The molecule has 0 N–H and O–H groups in total. The van der Waals surface area contributed by atoms with Gasteiger partial charge in [-0.15, -0.1) is 0 Å². The fraction of sp³-hybridized carbons (Fsp3) is 0. The Hall–Kier alpha value is -1.12. The summed E-state index contributed by atoms with van der Waals surface area (Å²) in [6.07, 6.45) is 0. The Morgan fingerprint density at radius 1 is 0.406 bits per heavy atom. The third kappa shape index (κ3) is 13.4. The molecule has 0 spiro atoms. The van der Waals surface area contributed by atoms with Crippen molar-refractivity contribution in [3.63, 3.8) is 0 Å². The Bertz CT molecular complexity index is 1080. The quantitative estimate of drug-likeness (QED) is 0.285. The third-order valence-electron chi connectivity index (χ3n) is 3.10. The van der Waals surface area contributed by atoms with Crippen LogP contribution in [0, 0.1) is 0 Å². The van der Waals surface area contributed by atoms with Crippen molar-refractivity contribution in [2.75, 3.05) is 0 Å². The molecule has 0 aromatic heterocycles. The zero-order chi connectivity index (χ0) is 22.8. The molecule has 0 fully saturated rings. The molecule has 0 aliphatic carbocycles. The molecule has 0 atom stereocenters. The van der Waals surface area contributed by atoms with Crippen LogP contribution in [0.5, 0.6) is 0 Å². The van der Waals surface area contributed by atoms with Crippen molar-refractivity contribution in [3.8, 4) is 0 Å². The van der Waals surface area contributed by atoms with E-state index in [1.54, 1.807) is 18.2 Å². The molecule has 0 aliphatic heterocycles. The molecule has 3 aromatic rings. The van der Waals surface area contributed by atoms with Crippen molar-refractivity contribution in [1.82, 2.24) is 0 Å². The van der Waals surface area contributed by atoms with Crippen LogP contribution < -0.4 is 29.6 Å². The van der Waals surface area contributed by atoms with Crippen molar-refractivity contribution in [2.24, 2.45) is 0 Å². The van der Waals surface area contributed by atoms with Crippen LogP contribution in [0.1, 0.15) is 0 Å². The van der Waals surface area contributed by atoms with Crippen LogP contribution in [0.3, 0.4) is 0 Å². The summed E-state index contributed by atoms with van der Waals surface area (Å²) in [4.78, 5) is -0.556. The molecule has 170 valence electrons. The van der Waals surface area contributed by atoms with E-state index in [1.165, 1.54) is 72.8 Å². The van der Waals surface area contributed by atoms with Gasteiger partial charge in [0.05, 0.1) is 14.7 Å². The molecule has 14 heteroatoms. The van der Waals surface area contributed by atoms with Crippen LogP contribution in [-0.2, 0) is 46.8 Å². The maximum absolute atomic E-state index is 10.3. The minimum atomic E-state index is -4.25. The second-order valence-electron chi connectivity index (χ2n) is 5.30. The molecule has 0 unspecified atom stereocenters. The van der Waals surface area contributed by atoms with Gasteiger partial charge in [-0.25, -0.2) is 25.3 Å². The molecule has 0 bridgehead atoms. The summed E-state index contributed by atoms with van der Waals surface area (Å²) >= 11 is 0. The summed E-state index contributed by atoms with van der Waals surface area (Å²) < 4.78 is 92.5. The fourth-order valence-corrected chi connectivity index (χ4v) is 3.23. The van der Waals surface area contributed by atoms with Gasteiger partial charge in [0.15, 0.2) is 0 Å². The smallest absolute Gasteiger partial charge is 0.744 e. The molecule has 0 amide bonds. The Morgan fingerprint density at radius 2 is 0.562 bits per heavy atom. The Labute approximate surface area is 219 Å². The second-order valence-corrected chi connectivity index (χ2v) is 9.44. The van der Waals surface area contributed by atoms with Crippen molar-refractivity contribution in [3.05, 3.63) is 91.0 Å². The van der Waals surface area contributed by atoms with E-state index >= 15 is 0 Å². The number of hydrogen-bond donors (Lipinski definition) is 0. The monoisotopic (exact) mass is 552 g/mol. The molecule has 0 radical (unpaired) electrons. The van der Waals surface area contributed by atoms with Gasteiger partial charge in [-0.2, -0.15) is 0 Å². The zero-order valence-corrected chi connectivity index (χ0v) is 21.8. The fourth-order valence-electron chi connectivity index (χ4n) is 1.76. The molecule has 9 nitrogen and oxygen atoms in total. The van der Waals surface area contributed by atoms with Crippen molar-refractivity contribution < 1.29 is 85.0 Å². The van der Waals surface area contributed by atoms with E-state index < -0.39 is 30.4 Å². The normalized spacial score (nSPS) is 10.6. The predicted octanol–water partition coefficient (Wildman–Crippen LogP) is -1.23. The van der Waals surface area contributed by atoms with Crippen LogP contribution in [0.4, 0.5) is 0 Å². The molecule has 3 aromatic carbocycles. The molecule has 0 heterocycles. The minimum absolute atomic E-state index is 0. The second kappa shape index (κ2) is 14.9. The first kappa shape index (κ1) is 33.1. The summed E-state index contributed by atoms with van der Waals surface area (Å²) in [6, 6.07) is 21.6. The molecule has 0 saturated carbocycles. The van der Waals surface area contributed by atoms with Crippen LogP contribution in [0.15, 0.2) is 106 Å². The first-order valence-corrected chi connectivity index (χ1v) is 12.1. The van der Waals surface area contributed by atoms with Crippen LogP contribution >= 0.6 is 0 Å². The molecule has 3 rings (SSSR count). The van der Waals surface area contributed by atoms with Gasteiger partial charge in [0.2, 0.25) is 0 Å². The van der Waals surface area contributed by atoms with E-state index in [9.17, 15) is 38.9 Å². The molecule has 0 aliphatic rings. The van der Waals surface area contributed by atoms with Crippen LogP contribution in [-0.4, -0.2) is 38.9 Å². The Morgan fingerprint density at radius 3 is 0.656 bits per heavy atom. The van der Waals surface area contributed by atoms with Crippen LogP contribution in [0.25, 0.3) is 0 Å². The average Bonchev–Trinajstić information content (AvgIpc) is 2.69. The van der Waals surface area contributed by atoms with Crippen molar-refractivity contribution in [2.45, 2.75) is 14.7 Å². The van der Waals surface area contributed by atoms with Crippen LogP contribution in [0.2, 0.25) is 0 Å². The van der Waals surface area contributed by atoms with Gasteiger partial charge in [-0.05, 0) is 36.4 Å². The minimum Gasteiger partial charge on any atom is -0.744 e. The predicted molar refractivity (Wildman–Crippen MR) is 103 cm³/mol. The SMILES string of the molecule is O=S(=O)([O-])c1ccccc1.O=S(=O)([O-])c1ccccc1.O=S(=O)([O-])c1ccccc1.[Na+].[Ni+2]. The first-order chi connectivity index (χ1) is 13.8. The Balaban J connectivity index is 0. The average molecular weight is 553 g/mol. The van der Waals surface area contributed by atoms with Crippen molar-refractivity contribution >= 4 is 30.4 Å². The molecule has 32 heavy (non-hydrogen) atoms. The van der Waals surface area contributed by atoms with E-state index in [2.05, 4.69) is 0 Å². The van der Waals surface area contributed by atoms with Crippen molar-refractivity contribution in [1.29, 1.82) is 0 Å². The van der Waals surface area contributed by atoms with Gasteiger partial charge in [-0.3, -0.25) is 0 Å². The zero-order valence-electron chi connectivity index (χ0n) is 16.4. The number of rotatable bonds is 3.